The Morgan fingerprint density at radius 3 is 2.23 bits per heavy atom. The molecule has 0 spiro atoms. The molecule has 66 valence electrons. The average molecular weight is 181 g/mol. The molecule has 0 radical (unpaired) electrons. The summed E-state index contributed by atoms with van der Waals surface area (Å²) in [6.45, 7) is 0. The first-order chi connectivity index (χ1) is 6.09. The van der Waals surface area contributed by atoms with Gasteiger partial charge >= 0.3 is 5.69 Å². The van der Waals surface area contributed by atoms with Crippen LogP contribution in [-0.4, -0.2) is 21.8 Å². The Labute approximate surface area is 69.8 Å². The molecule has 0 saturated heterocycles. The summed E-state index contributed by atoms with van der Waals surface area (Å²) < 4.78 is 0. The molecule has 0 bridgehead atoms. The molecular formula is C6H3N3O4. The number of H-pyrrole nitrogens is 2. The van der Waals surface area contributed by atoms with Crippen LogP contribution >= 0.6 is 0 Å². The lowest BCUT2D eigenvalue weighted by atomic mass is 10.2. The molecule has 0 aliphatic carbocycles. The van der Waals surface area contributed by atoms with Gasteiger partial charge in [0.1, 0.15) is 11.3 Å². The van der Waals surface area contributed by atoms with Gasteiger partial charge in [0, 0.05) is 0 Å². The molecule has 7 nitrogen and oxygen atoms in total. The van der Waals surface area contributed by atoms with Gasteiger partial charge in [0.25, 0.3) is 17.4 Å². The third kappa shape index (κ3) is 0.901. The predicted molar refractivity (Wildman–Crippen MR) is 39.5 cm³/mol. The molecule has 0 aromatic carbocycles. The van der Waals surface area contributed by atoms with E-state index in [1.807, 2.05) is 10.3 Å². The average Bonchev–Trinajstić information content (AvgIpc) is 2.27. The minimum absolute atomic E-state index is 0.279. The number of hydrogen-bond acceptors (Lipinski definition) is 4. The molecule has 0 atom stereocenters. The van der Waals surface area contributed by atoms with E-state index in [2.05, 4.69) is 4.98 Å². The smallest absolute Gasteiger partial charge is 0.302 e. The van der Waals surface area contributed by atoms with Crippen molar-refractivity contribution >= 4 is 11.8 Å². The highest BCUT2D eigenvalue weighted by atomic mass is 16.2. The molecule has 2 amide bonds. The summed E-state index contributed by atoms with van der Waals surface area (Å²) >= 11 is 0. The van der Waals surface area contributed by atoms with Crippen LogP contribution < -0.4 is 16.6 Å². The van der Waals surface area contributed by atoms with Gasteiger partial charge in [-0.25, -0.2) is 4.79 Å². The van der Waals surface area contributed by atoms with Crippen molar-refractivity contribution in [1.29, 1.82) is 0 Å². The fourth-order valence-corrected chi connectivity index (χ4v) is 1.10. The third-order valence-electron chi connectivity index (χ3n) is 1.62. The minimum Gasteiger partial charge on any atom is -0.302 e. The molecule has 1 aromatic rings. The van der Waals surface area contributed by atoms with Gasteiger partial charge < -0.3 is 4.98 Å². The zero-order valence-electron chi connectivity index (χ0n) is 6.13. The number of aromatic nitrogens is 2. The van der Waals surface area contributed by atoms with Crippen LogP contribution in [0.5, 0.6) is 0 Å². The molecule has 0 saturated carbocycles. The number of imide groups is 1. The van der Waals surface area contributed by atoms with E-state index < -0.39 is 23.1 Å². The number of nitrogens with one attached hydrogen (secondary N) is 3. The SMILES string of the molecule is O=C1NC(=O)c2c1[nH]c(=O)[nH]c2=O. The standard InChI is InChI=1S/C6H3N3O4/c10-3-1-2(5(12)8-3)7-6(13)9-4(1)11/h(H,8,10,12)(H2,7,9,11,13). The van der Waals surface area contributed by atoms with Crippen molar-refractivity contribution < 1.29 is 9.59 Å². The number of amides is 2. The fourth-order valence-electron chi connectivity index (χ4n) is 1.10. The van der Waals surface area contributed by atoms with E-state index in [0.29, 0.717) is 0 Å². The van der Waals surface area contributed by atoms with Crippen LogP contribution in [0.25, 0.3) is 0 Å². The highest BCUT2D eigenvalue weighted by Crippen LogP contribution is 2.04. The third-order valence-corrected chi connectivity index (χ3v) is 1.62. The van der Waals surface area contributed by atoms with E-state index in [1.54, 1.807) is 0 Å². The zero-order valence-corrected chi connectivity index (χ0v) is 6.13. The quantitative estimate of drug-likeness (QED) is 0.400. The maximum Gasteiger partial charge on any atom is 0.326 e. The molecule has 7 heteroatoms. The van der Waals surface area contributed by atoms with Crippen molar-refractivity contribution in [3.05, 3.63) is 32.1 Å². The molecule has 3 N–H and O–H groups in total. The maximum absolute atomic E-state index is 11.0. The van der Waals surface area contributed by atoms with Gasteiger partial charge in [-0.05, 0) is 0 Å². The molecule has 1 aliphatic heterocycles. The first kappa shape index (κ1) is 7.47. The summed E-state index contributed by atoms with van der Waals surface area (Å²) in [6, 6.07) is 0. The van der Waals surface area contributed by atoms with Gasteiger partial charge in [-0.1, -0.05) is 0 Å². The predicted octanol–water partition coefficient (Wildman–Crippen LogP) is -2.05. The van der Waals surface area contributed by atoms with Gasteiger partial charge in [0.05, 0.1) is 0 Å². The molecule has 0 unspecified atom stereocenters. The van der Waals surface area contributed by atoms with Crippen LogP contribution in [0.15, 0.2) is 9.59 Å². The number of hydrogen-bond donors (Lipinski definition) is 3. The summed E-state index contributed by atoms with van der Waals surface area (Å²) in [4.78, 5) is 47.5. The van der Waals surface area contributed by atoms with Crippen LogP contribution in [-0.2, 0) is 0 Å². The van der Waals surface area contributed by atoms with Gasteiger partial charge in [0.15, 0.2) is 0 Å². The monoisotopic (exact) mass is 181 g/mol. The van der Waals surface area contributed by atoms with E-state index in [9.17, 15) is 19.2 Å². The Bertz CT molecular complexity index is 523. The summed E-state index contributed by atoms with van der Waals surface area (Å²) in [7, 11) is 0. The van der Waals surface area contributed by atoms with Crippen LogP contribution in [0.1, 0.15) is 20.8 Å². The molecular weight excluding hydrogens is 178 g/mol. The lowest BCUT2D eigenvalue weighted by Crippen LogP contribution is -2.28. The number of rotatable bonds is 0. The Morgan fingerprint density at radius 1 is 0.846 bits per heavy atom. The minimum atomic E-state index is -0.859. The van der Waals surface area contributed by atoms with Crippen molar-refractivity contribution in [1.82, 2.24) is 15.3 Å². The molecule has 2 rings (SSSR count). The molecule has 2 heterocycles. The lowest BCUT2D eigenvalue weighted by Gasteiger charge is -1.89. The van der Waals surface area contributed by atoms with E-state index in [4.69, 9.17) is 0 Å². The molecule has 13 heavy (non-hydrogen) atoms. The Hall–Kier alpha value is -2.18. The molecule has 1 aromatic heterocycles. The van der Waals surface area contributed by atoms with Crippen molar-refractivity contribution in [2.75, 3.05) is 0 Å². The first-order valence-corrected chi connectivity index (χ1v) is 3.32. The Balaban J connectivity index is 2.93. The van der Waals surface area contributed by atoms with Crippen molar-refractivity contribution in [2.45, 2.75) is 0 Å². The second-order valence-corrected chi connectivity index (χ2v) is 2.44. The van der Waals surface area contributed by atoms with Crippen LogP contribution in [0.2, 0.25) is 0 Å². The second-order valence-electron chi connectivity index (χ2n) is 2.44. The summed E-state index contributed by atoms with van der Waals surface area (Å²) in [5.41, 5.74) is -2.29. The highest BCUT2D eigenvalue weighted by Gasteiger charge is 2.30. The number of carbonyl (C=O) groups is 2. The summed E-state index contributed by atoms with van der Waals surface area (Å²) in [5.74, 6) is -1.55. The Kier molecular flexibility index (Phi) is 1.24. The van der Waals surface area contributed by atoms with E-state index in [0.717, 1.165) is 0 Å². The maximum atomic E-state index is 11.0. The van der Waals surface area contributed by atoms with Crippen molar-refractivity contribution in [2.24, 2.45) is 0 Å². The first-order valence-electron chi connectivity index (χ1n) is 3.32. The largest absolute Gasteiger partial charge is 0.326 e. The van der Waals surface area contributed by atoms with Gasteiger partial charge in [0.2, 0.25) is 0 Å². The number of aromatic amines is 2. The van der Waals surface area contributed by atoms with Crippen molar-refractivity contribution in [3.63, 3.8) is 0 Å². The topological polar surface area (TPSA) is 112 Å². The fraction of sp³-hybridized carbons (Fsp3) is 0. The normalized spacial score (nSPS) is 14.2. The van der Waals surface area contributed by atoms with Gasteiger partial charge in [-0.15, -0.1) is 0 Å². The summed E-state index contributed by atoms with van der Waals surface area (Å²) in [6.07, 6.45) is 0. The zero-order chi connectivity index (χ0) is 9.59. The molecule has 1 aliphatic rings. The molecule has 0 fully saturated rings. The Morgan fingerprint density at radius 2 is 1.54 bits per heavy atom. The number of carbonyl (C=O) groups excluding carboxylic acids is 2. The lowest BCUT2D eigenvalue weighted by molar-refractivity contribution is 0.0878. The van der Waals surface area contributed by atoms with Crippen LogP contribution in [0, 0.1) is 0 Å². The highest BCUT2D eigenvalue weighted by molar-refractivity contribution is 6.20. The van der Waals surface area contributed by atoms with Crippen LogP contribution in [0.4, 0.5) is 0 Å². The van der Waals surface area contributed by atoms with E-state index >= 15 is 0 Å². The van der Waals surface area contributed by atoms with E-state index in [1.165, 1.54) is 0 Å². The second kappa shape index (κ2) is 2.16. The summed E-state index contributed by atoms with van der Waals surface area (Å²) in [5, 5.41) is 1.88. The van der Waals surface area contributed by atoms with Crippen molar-refractivity contribution in [3.8, 4) is 0 Å². The van der Waals surface area contributed by atoms with Crippen LogP contribution in [0.3, 0.4) is 0 Å². The van der Waals surface area contributed by atoms with Gasteiger partial charge in [-0.3, -0.25) is 24.7 Å². The van der Waals surface area contributed by atoms with Gasteiger partial charge in [-0.2, -0.15) is 0 Å². The van der Waals surface area contributed by atoms with E-state index in [-0.39, 0.29) is 11.3 Å². The number of fused-ring (bicyclic) bond motifs is 1.